The van der Waals surface area contributed by atoms with E-state index in [0.29, 0.717) is 4.74 Å². The van der Waals surface area contributed by atoms with E-state index in [4.69, 9.17) is 5.11 Å². The van der Waals surface area contributed by atoms with Gasteiger partial charge in [0.1, 0.15) is 22.8 Å². The van der Waals surface area contributed by atoms with E-state index in [9.17, 15) is 15.4 Å². The average Bonchev–Trinajstić information content (AvgIpc) is 2.08. The van der Waals surface area contributed by atoms with Crippen LogP contribution in [0.3, 0.4) is 0 Å². The van der Waals surface area contributed by atoms with Crippen LogP contribution in [-0.4, -0.2) is 31.8 Å². The van der Waals surface area contributed by atoms with E-state index in [1.165, 1.54) is 0 Å². The van der Waals surface area contributed by atoms with Gasteiger partial charge in [-0.3, -0.25) is 0 Å². The van der Waals surface area contributed by atoms with Gasteiger partial charge in [0.05, 0.1) is 0 Å². The van der Waals surface area contributed by atoms with E-state index in [-0.39, 0.29) is 22.8 Å². The molecule has 0 radical (unpaired) electrons. The maximum atomic E-state index is 11.6. The van der Waals surface area contributed by atoms with E-state index in [1.807, 2.05) is 0 Å². The van der Waals surface area contributed by atoms with Crippen LogP contribution in [0.15, 0.2) is 12.1 Å². The SMILES string of the molecule is CC(C)(C)[N+]([O-])=Cc1c(O)cc(O)cc1O. The molecule has 88 valence electrons. The molecule has 0 spiro atoms. The zero-order valence-electron chi connectivity index (χ0n) is 9.43. The van der Waals surface area contributed by atoms with Crippen molar-refractivity contribution in [2.24, 2.45) is 0 Å². The van der Waals surface area contributed by atoms with Gasteiger partial charge in [0.2, 0.25) is 0 Å². The van der Waals surface area contributed by atoms with Gasteiger partial charge >= 0.3 is 0 Å². The summed E-state index contributed by atoms with van der Waals surface area (Å²) in [6.07, 6.45) is 1.09. The molecule has 3 N–H and O–H groups in total. The zero-order chi connectivity index (χ0) is 12.5. The third-order valence-corrected chi connectivity index (χ3v) is 2.03. The second kappa shape index (κ2) is 3.92. The molecule has 0 aliphatic rings. The predicted octanol–water partition coefficient (Wildman–Crippen LogP) is 1.53. The van der Waals surface area contributed by atoms with Gasteiger partial charge in [-0.15, -0.1) is 0 Å². The highest BCUT2D eigenvalue weighted by molar-refractivity contribution is 5.84. The summed E-state index contributed by atoms with van der Waals surface area (Å²) in [5, 5.41) is 39.6. The summed E-state index contributed by atoms with van der Waals surface area (Å²) in [7, 11) is 0. The Kier molecular flexibility index (Phi) is 2.98. The summed E-state index contributed by atoms with van der Waals surface area (Å²) in [5.74, 6) is -0.953. The Balaban J connectivity index is 3.26. The highest BCUT2D eigenvalue weighted by Crippen LogP contribution is 2.30. The first kappa shape index (κ1) is 12.2. The van der Waals surface area contributed by atoms with Crippen LogP contribution in [0.2, 0.25) is 0 Å². The van der Waals surface area contributed by atoms with Crippen molar-refractivity contribution in [3.05, 3.63) is 22.9 Å². The van der Waals surface area contributed by atoms with Crippen LogP contribution in [0, 0.1) is 5.21 Å². The van der Waals surface area contributed by atoms with Crippen LogP contribution >= 0.6 is 0 Å². The molecule has 5 nitrogen and oxygen atoms in total. The lowest BCUT2D eigenvalue weighted by Gasteiger charge is -2.18. The molecule has 0 heterocycles. The van der Waals surface area contributed by atoms with Gasteiger partial charge in [0.15, 0.2) is 11.8 Å². The van der Waals surface area contributed by atoms with E-state index >= 15 is 0 Å². The summed E-state index contributed by atoms with van der Waals surface area (Å²) in [6.45, 7) is 5.10. The molecular formula is C11H15NO4. The van der Waals surface area contributed by atoms with Gasteiger partial charge in [0.25, 0.3) is 0 Å². The first-order valence-electron chi connectivity index (χ1n) is 4.78. The second-order valence-electron chi connectivity index (χ2n) is 4.52. The van der Waals surface area contributed by atoms with Crippen molar-refractivity contribution < 1.29 is 20.1 Å². The molecule has 0 aliphatic heterocycles. The van der Waals surface area contributed by atoms with Gasteiger partial charge in [-0.05, 0) is 0 Å². The number of aromatic hydroxyl groups is 3. The molecule has 1 rings (SSSR count). The highest BCUT2D eigenvalue weighted by Gasteiger charge is 2.20. The maximum absolute atomic E-state index is 11.6. The summed E-state index contributed by atoms with van der Waals surface area (Å²) < 4.78 is 0.624. The third kappa shape index (κ3) is 2.56. The Hall–Kier alpha value is -1.91. The van der Waals surface area contributed by atoms with E-state index in [1.54, 1.807) is 20.8 Å². The first-order valence-corrected chi connectivity index (χ1v) is 4.78. The lowest BCUT2D eigenvalue weighted by molar-refractivity contribution is -0.530. The van der Waals surface area contributed by atoms with Crippen molar-refractivity contribution in [1.29, 1.82) is 0 Å². The Labute approximate surface area is 93.5 Å². The summed E-state index contributed by atoms with van der Waals surface area (Å²) >= 11 is 0. The Morgan fingerprint density at radius 2 is 1.56 bits per heavy atom. The monoisotopic (exact) mass is 225 g/mol. The molecule has 0 saturated carbocycles. The van der Waals surface area contributed by atoms with Crippen molar-refractivity contribution >= 4 is 6.21 Å². The molecule has 0 unspecified atom stereocenters. The molecule has 0 bridgehead atoms. The molecule has 1 aromatic carbocycles. The molecule has 0 atom stereocenters. The Morgan fingerprint density at radius 1 is 1.12 bits per heavy atom. The molecule has 0 aromatic heterocycles. The normalized spacial score (nSPS) is 12.8. The van der Waals surface area contributed by atoms with E-state index in [2.05, 4.69) is 0 Å². The van der Waals surface area contributed by atoms with Crippen molar-refractivity contribution in [1.82, 2.24) is 0 Å². The molecule has 1 aromatic rings. The molecule has 0 amide bonds. The van der Waals surface area contributed by atoms with Gasteiger partial charge in [-0.2, -0.15) is 0 Å². The van der Waals surface area contributed by atoms with Gasteiger partial charge < -0.3 is 20.5 Å². The number of nitrogens with zero attached hydrogens (tertiary/aromatic N) is 1. The number of rotatable bonds is 1. The quantitative estimate of drug-likeness (QED) is 0.293. The smallest absolute Gasteiger partial charge is 0.189 e. The van der Waals surface area contributed by atoms with E-state index < -0.39 is 5.54 Å². The number of hydrogen-bond donors (Lipinski definition) is 3. The number of benzene rings is 1. The van der Waals surface area contributed by atoms with Crippen molar-refractivity contribution in [2.45, 2.75) is 26.3 Å². The average molecular weight is 225 g/mol. The van der Waals surface area contributed by atoms with Crippen LogP contribution in [0.1, 0.15) is 26.3 Å². The van der Waals surface area contributed by atoms with Crippen LogP contribution in [-0.2, 0) is 0 Å². The van der Waals surface area contributed by atoms with Crippen LogP contribution in [0.5, 0.6) is 17.2 Å². The van der Waals surface area contributed by atoms with Crippen LogP contribution in [0.4, 0.5) is 0 Å². The zero-order valence-corrected chi connectivity index (χ0v) is 9.43. The molecule has 0 fully saturated rings. The van der Waals surface area contributed by atoms with Crippen molar-refractivity contribution in [3.8, 4) is 17.2 Å². The largest absolute Gasteiger partial charge is 0.623 e. The lowest BCUT2D eigenvalue weighted by atomic mass is 10.1. The molecule has 5 heteroatoms. The number of phenolic OH excluding ortho intramolecular Hbond substituents is 3. The fourth-order valence-electron chi connectivity index (χ4n) is 1.05. The molecular weight excluding hydrogens is 210 g/mol. The first-order chi connectivity index (χ1) is 7.21. The Bertz CT molecular complexity index is 409. The molecule has 0 saturated heterocycles. The lowest BCUT2D eigenvalue weighted by Crippen LogP contribution is -2.29. The summed E-state index contributed by atoms with van der Waals surface area (Å²) in [4.78, 5) is 0. The number of phenols is 3. The van der Waals surface area contributed by atoms with Gasteiger partial charge in [-0.1, -0.05) is 0 Å². The Morgan fingerprint density at radius 3 is 1.94 bits per heavy atom. The topological polar surface area (TPSA) is 86.8 Å². The fourth-order valence-corrected chi connectivity index (χ4v) is 1.05. The number of hydrogen-bond acceptors (Lipinski definition) is 4. The van der Waals surface area contributed by atoms with Crippen LogP contribution in [0.25, 0.3) is 0 Å². The number of hydroxylamine groups is 1. The summed E-state index contributed by atoms with van der Waals surface area (Å²) in [5.41, 5.74) is -0.681. The predicted molar refractivity (Wildman–Crippen MR) is 60.0 cm³/mol. The van der Waals surface area contributed by atoms with Crippen molar-refractivity contribution in [3.63, 3.8) is 0 Å². The van der Waals surface area contributed by atoms with Crippen molar-refractivity contribution in [2.75, 3.05) is 0 Å². The fraction of sp³-hybridized carbons (Fsp3) is 0.364. The highest BCUT2D eigenvalue weighted by atomic mass is 16.5. The van der Waals surface area contributed by atoms with E-state index in [0.717, 1.165) is 18.3 Å². The van der Waals surface area contributed by atoms with Gasteiger partial charge in [0, 0.05) is 32.9 Å². The minimum absolute atomic E-state index is 0.0114. The minimum atomic E-state index is -0.670. The standard InChI is InChI=1S/C11H15NO4/c1-11(2,3)12(16)6-8-9(14)4-7(13)5-10(8)15/h4-6,13-15H,1-3H3. The third-order valence-electron chi connectivity index (χ3n) is 2.03. The second-order valence-corrected chi connectivity index (χ2v) is 4.52. The maximum Gasteiger partial charge on any atom is 0.189 e. The molecule has 0 aliphatic carbocycles. The summed E-state index contributed by atoms with van der Waals surface area (Å²) in [6, 6.07) is 2.12. The van der Waals surface area contributed by atoms with Crippen LogP contribution < -0.4 is 0 Å². The van der Waals surface area contributed by atoms with Gasteiger partial charge in [-0.25, -0.2) is 4.74 Å². The minimum Gasteiger partial charge on any atom is -0.623 e. The molecule has 16 heavy (non-hydrogen) atoms.